The molecule has 0 atom stereocenters. The Kier molecular flexibility index (Phi) is 5.26. The van der Waals surface area contributed by atoms with Crippen molar-refractivity contribution < 1.29 is 14.3 Å². The number of aromatic nitrogens is 1. The first kappa shape index (κ1) is 19.0. The van der Waals surface area contributed by atoms with Gasteiger partial charge in [-0.2, -0.15) is 0 Å². The van der Waals surface area contributed by atoms with Crippen LogP contribution in [0.2, 0.25) is 0 Å². The van der Waals surface area contributed by atoms with Gasteiger partial charge in [-0.05, 0) is 51.1 Å². The lowest BCUT2D eigenvalue weighted by molar-refractivity contribution is 0.0535. The van der Waals surface area contributed by atoms with Crippen molar-refractivity contribution in [2.45, 2.75) is 26.4 Å². The van der Waals surface area contributed by atoms with Crippen LogP contribution in [-0.4, -0.2) is 58.0 Å². The zero-order valence-corrected chi connectivity index (χ0v) is 16.4. The summed E-state index contributed by atoms with van der Waals surface area (Å²) in [4.78, 5) is 28.8. The molecule has 27 heavy (non-hydrogen) atoms. The summed E-state index contributed by atoms with van der Waals surface area (Å²) in [6, 6.07) is 9.07. The van der Waals surface area contributed by atoms with E-state index in [-0.39, 0.29) is 17.4 Å². The van der Waals surface area contributed by atoms with Gasteiger partial charge in [0.25, 0.3) is 11.8 Å². The first-order valence-electron chi connectivity index (χ1n) is 9.22. The summed E-state index contributed by atoms with van der Waals surface area (Å²) in [7, 11) is 1.89. The van der Waals surface area contributed by atoms with Crippen LogP contribution in [0.15, 0.2) is 42.7 Å². The van der Waals surface area contributed by atoms with Crippen molar-refractivity contribution in [3.05, 3.63) is 53.9 Å². The molecule has 6 nitrogen and oxygen atoms in total. The average Bonchev–Trinajstić information content (AvgIpc) is 3.06. The standard InChI is InChI=1S/C21H27N3O3/c1-21(2,3)27-18-7-5-16(6-8-18)19(25)23-11-13-24(14-12-23)20(26)17-9-10-22(4)15-17/h5-10,15H,11-14H2,1-4H3. The van der Waals surface area contributed by atoms with Crippen LogP contribution in [0.25, 0.3) is 0 Å². The maximum absolute atomic E-state index is 12.7. The van der Waals surface area contributed by atoms with E-state index in [4.69, 9.17) is 4.74 Å². The number of nitrogens with zero attached hydrogens (tertiary/aromatic N) is 3. The van der Waals surface area contributed by atoms with Crippen molar-refractivity contribution in [3.63, 3.8) is 0 Å². The van der Waals surface area contributed by atoms with Gasteiger partial charge in [-0.1, -0.05) is 0 Å². The van der Waals surface area contributed by atoms with Crippen molar-refractivity contribution in [3.8, 4) is 5.75 Å². The normalized spacial score (nSPS) is 15.0. The van der Waals surface area contributed by atoms with Gasteiger partial charge in [-0.15, -0.1) is 0 Å². The number of hydrogen-bond donors (Lipinski definition) is 0. The summed E-state index contributed by atoms with van der Waals surface area (Å²) in [5.74, 6) is 0.757. The van der Waals surface area contributed by atoms with E-state index in [9.17, 15) is 9.59 Å². The van der Waals surface area contributed by atoms with E-state index in [1.807, 2.05) is 63.0 Å². The molecule has 3 rings (SSSR count). The van der Waals surface area contributed by atoms with Gasteiger partial charge >= 0.3 is 0 Å². The van der Waals surface area contributed by atoms with E-state index in [0.29, 0.717) is 37.3 Å². The van der Waals surface area contributed by atoms with Gasteiger partial charge in [0.15, 0.2) is 0 Å². The number of hydrogen-bond acceptors (Lipinski definition) is 3. The molecule has 1 aliphatic heterocycles. The van der Waals surface area contributed by atoms with Crippen molar-refractivity contribution >= 4 is 11.8 Å². The lowest BCUT2D eigenvalue weighted by Gasteiger charge is -2.34. The monoisotopic (exact) mass is 369 g/mol. The second-order valence-corrected chi connectivity index (χ2v) is 7.89. The first-order chi connectivity index (χ1) is 12.7. The Morgan fingerprint density at radius 3 is 1.81 bits per heavy atom. The average molecular weight is 369 g/mol. The molecular formula is C21H27N3O3. The topological polar surface area (TPSA) is 54.8 Å². The third kappa shape index (κ3) is 4.70. The third-order valence-electron chi connectivity index (χ3n) is 4.46. The molecule has 1 fully saturated rings. The van der Waals surface area contributed by atoms with E-state index in [1.165, 1.54) is 0 Å². The molecule has 0 spiro atoms. The highest BCUT2D eigenvalue weighted by atomic mass is 16.5. The van der Waals surface area contributed by atoms with E-state index in [0.717, 1.165) is 5.75 Å². The Balaban J connectivity index is 1.57. The molecule has 144 valence electrons. The molecule has 6 heteroatoms. The number of carbonyl (C=O) groups excluding carboxylic acids is 2. The van der Waals surface area contributed by atoms with Crippen LogP contribution in [-0.2, 0) is 7.05 Å². The minimum Gasteiger partial charge on any atom is -0.488 e. The van der Waals surface area contributed by atoms with Gasteiger partial charge in [0, 0.05) is 51.2 Å². The number of rotatable bonds is 3. The van der Waals surface area contributed by atoms with Gasteiger partial charge in [-0.25, -0.2) is 0 Å². The third-order valence-corrected chi connectivity index (χ3v) is 4.46. The molecule has 1 saturated heterocycles. The highest BCUT2D eigenvalue weighted by molar-refractivity contribution is 5.96. The fourth-order valence-corrected chi connectivity index (χ4v) is 3.13. The largest absolute Gasteiger partial charge is 0.488 e. The summed E-state index contributed by atoms with van der Waals surface area (Å²) in [6.45, 7) is 8.14. The van der Waals surface area contributed by atoms with Crippen LogP contribution in [0.1, 0.15) is 41.5 Å². The molecule has 0 radical (unpaired) electrons. The summed E-state index contributed by atoms with van der Waals surface area (Å²) in [6.07, 6.45) is 3.68. The first-order valence-corrected chi connectivity index (χ1v) is 9.22. The van der Waals surface area contributed by atoms with Gasteiger partial charge in [0.2, 0.25) is 0 Å². The van der Waals surface area contributed by atoms with Crippen molar-refractivity contribution in [1.82, 2.24) is 14.4 Å². The summed E-state index contributed by atoms with van der Waals surface area (Å²) in [5, 5.41) is 0. The van der Waals surface area contributed by atoms with Gasteiger partial charge < -0.3 is 19.1 Å². The number of ether oxygens (including phenoxy) is 1. The molecule has 0 unspecified atom stereocenters. The smallest absolute Gasteiger partial charge is 0.255 e. The Hall–Kier alpha value is -2.76. The zero-order valence-electron chi connectivity index (χ0n) is 16.4. The molecular weight excluding hydrogens is 342 g/mol. The van der Waals surface area contributed by atoms with Crippen molar-refractivity contribution in [1.29, 1.82) is 0 Å². The predicted molar refractivity (Wildman–Crippen MR) is 104 cm³/mol. The highest BCUT2D eigenvalue weighted by Crippen LogP contribution is 2.20. The van der Waals surface area contributed by atoms with Gasteiger partial charge in [0.05, 0.1) is 5.56 Å². The molecule has 0 bridgehead atoms. The van der Waals surface area contributed by atoms with Gasteiger partial charge in [-0.3, -0.25) is 9.59 Å². The van der Waals surface area contributed by atoms with E-state index in [1.54, 1.807) is 21.9 Å². The zero-order chi connectivity index (χ0) is 19.6. The molecule has 1 aliphatic rings. The number of amides is 2. The van der Waals surface area contributed by atoms with Gasteiger partial charge in [0.1, 0.15) is 11.4 Å². The number of benzene rings is 1. The van der Waals surface area contributed by atoms with E-state index in [2.05, 4.69) is 0 Å². The maximum Gasteiger partial charge on any atom is 0.255 e. The highest BCUT2D eigenvalue weighted by Gasteiger charge is 2.26. The number of piperazine rings is 1. The van der Waals surface area contributed by atoms with Crippen LogP contribution in [0.3, 0.4) is 0 Å². The van der Waals surface area contributed by atoms with E-state index < -0.39 is 0 Å². The molecule has 2 amide bonds. The lowest BCUT2D eigenvalue weighted by atomic mass is 10.1. The minimum absolute atomic E-state index is 0.0101. The SMILES string of the molecule is Cn1ccc(C(=O)N2CCN(C(=O)c3ccc(OC(C)(C)C)cc3)CC2)c1. The minimum atomic E-state index is -0.271. The summed E-state index contributed by atoms with van der Waals surface area (Å²) < 4.78 is 7.66. The van der Waals surface area contributed by atoms with Crippen LogP contribution < -0.4 is 4.74 Å². The maximum atomic E-state index is 12.7. The lowest BCUT2D eigenvalue weighted by Crippen LogP contribution is -2.50. The van der Waals surface area contributed by atoms with Crippen LogP contribution in [0.4, 0.5) is 0 Å². The molecule has 0 saturated carbocycles. The molecule has 2 aromatic rings. The Morgan fingerprint density at radius 1 is 0.852 bits per heavy atom. The molecule has 2 heterocycles. The fourth-order valence-electron chi connectivity index (χ4n) is 3.13. The Bertz CT molecular complexity index is 810. The van der Waals surface area contributed by atoms with Crippen LogP contribution in [0.5, 0.6) is 5.75 Å². The van der Waals surface area contributed by atoms with Crippen LogP contribution in [0, 0.1) is 0 Å². The fraction of sp³-hybridized carbons (Fsp3) is 0.429. The quantitative estimate of drug-likeness (QED) is 0.836. The summed E-state index contributed by atoms with van der Waals surface area (Å²) in [5.41, 5.74) is 1.05. The Morgan fingerprint density at radius 2 is 1.37 bits per heavy atom. The molecule has 0 aliphatic carbocycles. The second-order valence-electron chi connectivity index (χ2n) is 7.89. The Labute approximate surface area is 160 Å². The second kappa shape index (κ2) is 7.47. The summed E-state index contributed by atoms with van der Waals surface area (Å²) >= 11 is 0. The molecule has 1 aromatic heterocycles. The number of carbonyl (C=O) groups is 2. The van der Waals surface area contributed by atoms with Crippen molar-refractivity contribution in [2.24, 2.45) is 7.05 Å². The van der Waals surface area contributed by atoms with E-state index >= 15 is 0 Å². The van der Waals surface area contributed by atoms with Crippen molar-refractivity contribution in [2.75, 3.05) is 26.2 Å². The van der Waals surface area contributed by atoms with Crippen LogP contribution >= 0.6 is 0 Å². The predicted octanol–water partition coefficient (Wildman–Crippen LogP) is 2.80. The molecule has 1 aromatic carbocycles. The number of aryl methyl sites for hydroxylation is 1. The molecule has 0 N–H and O–H groups in total.